The third-order valence-electron chi connectivity index (χ3n) is 6.15. The molecule has 3 heterocycles. The van der Waals surface area contributed by atoms with Gasteiger partial charge in [0.1, 0.15) is 17.1 Å². The van der Waals surface area contributed by atoms with Crippen molar-refractivity contribution in [3.05, 3.63) is 71.6 Å². The fourth-order valence-electron chi connectivity index (χ4n) is 4.15. The lowest BCUT2D eigenvalue weighted by atomic mass is 9.74. The van der Waals surface area contributed by atoms with E-state index in [-0.39, 0.29) is 12.2 Å². The number of rotatable bonds is 6. The number of carbonyl (C=O) groups excluding carboxylic acids is 1. The van der Waals surface area contributed by atoms with Crippen molar-refractivity contribution in [1.29, 1.82) is 0 Å². The summed E-state index contributed by atoms with van der Waals surface area (Å²) in [4.78, 5) is 21.4. The molecule has 1 aliphatic heterocycles. The minimum atomic E-state index is -4.40. The summed E-state index contributed by atoms with van der Waals surface area (Å²) in [6.45, 7) is 3.03. The molecule has 0 radical (unpaired) electrons. The number of amides is 1. The van der Waals surface area contributed by atoms with Gasteiger partial charge >= 0.3 is 6.18 Å². The average molecular weight is 474 g/mol. The van der Waals surface area contributed by atoms with E-state index in [1.165, 1.54) is 25.4 Å². The highest BCUT2D eigenvalue weighted by Crippen LogP contribution is 2.37. The Labute approximate surface area is 194 Å². The van der Waals surface area contributed by atoms with E-state index >= 15 is 0 Å². The minimum Gasteiger partial charge on any atom is -0.494 e. The van der Waals surface area contributed by atoms with Crippen LogP contribution in [0, 0.1) is 6.92 Å². The van der Waals surface area contributed by atoms with E-state index in [1.807, 2.05) is 13.1 Å². The number of hydrogen-bond donors (Lipinski definition) is 1. The van der Waals surface area contributed by atoms with Crippen LogP contribution in [0.4, 0.5) is 13.2 Å². The fraction of sp³-hybridized carbons (Fsp3) is 0.375. The van der Waals surface area contributed by atoms with Crippen LogP contribution < -0.4 is 10.1 Å². The number of ether oxygens (including phenoxy) is 2. The Kier molecular flexibility index (Phi) is 6.60. The van der Waals surface area contributed by atoms with E-state index in [1.54, 1.807) is 17.0 Å². The molecule has 1 aromatic carbocycles. The van der Waals surface area contributed by atoms with Gasteiger partial charge in [-0.2, -0.15) is 13.2 Å². The third kappa shape index (κ3) is 4.91. The van der Waals surface area contributed by atoms with Crippen LogP contribution in [0.5, 0.6) is 5.75 Å². The first-order valence-electron chi connectivity index (χ1n) is 10.8. The summed E-state index contributed by atoms with van der Waals surface area (Å²) in [6.07, 6.45) is 1.74. The number of imidazole rings is 1. The summed E-state index contributed by atoms with van der Waals surface area (Å²) >= 11 is 0. The van der Waals surface area contributed by atoms with Crippen LogP contribution in [0.25, 0.3) is 5.69 Å². The molecule has 0 atom stereocenters. The zero-order valence-corrected chi connectivity index (χ0v) is 18.9. The largest absolute Gasteiger partial charge is 0.494 e. The van der Waals surface area contributed by atoms with Crippen molar-refractivity contribution in [3.63, 3.8) is 0 Å². The number of nitrogens with zero attached hydrogens (tertiary/aromatic N) is 3. The molecule has 0 unspecified atom stereocenters. The number of nitrogens with one attached hydrogen (secondary N) is 1. The minimum absolute atomic E-state index is 0.173. The summed E-state index contributed by atoms with van der Waals surface area (Å²) < 4.78 is 51.7. The second-order valence-corrected chi connectivity index (χ2v) is 8.31. The highest BCUT2D eigenvalue weighted by molar-refractivity contribution is 5.93. The number of hydrogen-bond acceptors (Lipinski definition) is 5. The zero-order valence-electron chi connectivity index (χ0n) is 18.9. The standard InChI is InChI=1S/C24H25F3N4O3/c1-16-13-31(15-30-16)20-12-28-19(11-21(20)33-2)22(32)29-14-23(7-9-34-10-8-23)17-3-5-18(6-4-17)24(25,26)27/h3-6,11-13,15H,7-10,14H2,1-2H3,(H,29,32). The molecule has 3 aromatic rings. The van der Waals surface area contributed by atoms with Crippen molar-refractivity contribution in [2.45, 2.75) is 31.4 Å². The van der Waals surface area contributed by atoms with E-state index < -0.39 is 23.1 Å². The van der Waals surface area contributed by atoms with Crippen LogP contribution in [0.2, 0.25) is 0 Å². The molecule has 1 saturated heterocycles. The van der Waals surface area contributed by atoms with E-state index in [0.717, 1.165) is 23.4 Å². The van der Waals surface area contributed by atoms with Crippen molar-refractivity contribution in [2.75, 3.05) is 26.9 Å². The molecule has 7 nitrogen and oxygen atoms in total. The molecule has 0 spiro atoms. The van der Waals surface area contributed by atoms with Crippen LogP contribution in [-0.4, -0.2) is 47.3 Å². The first-order valence-corrected chi connectivity index (χ1v) is 10.8. The summed E-state index contributed by atoms with van der Waals surface area (Å²) in [5.74, 6) is 0.0607. The summed E-state index contributed by atoms with van der Waals surface area (Å²) in [5, 5.41) is 2.91. The van der Waals surface area contributed by atoms with Crippen LogP contribution in [0.1, 0.15) is 40.2 Å². The Morgan fingerprint density at radius 1 is 1.21 bits per heavy atom. The van der Waals surface area contributed by atoms with Gasteiger partial charge < -0.3 is 19.4 Å². The number of aromatic nitrogens is 3. The molecular weight excluding hydrogens is 449 g/mol. The fourth-order valence-corrected chi connectivity index (χ4v) is 4.15. The molecule has 180 valence electrons. The van der Waals surface area contributed by atoms with Gasteiger partial charge in [-0.15, -0.1) is 0 Å². The second-order valence-electron chi connectivity index (χ2n) is 8.31. The predicted octanol–water partition coefficient (Wildman–Crippen LogP) is 4.08. The maximum Gasteiger partial charge on any atom is 0.416 e. The number of methoxy groups -OCH3 is 1. The van der Waals surface area contributed by atoms with Gasteiger partial charge in [0.05, 0.1) is 30.9 Å². The van der Waals surface area contributed by atoms with Gasteiger partial charge in [-0.05, 0) is 37.5 Å². The smallest absolute Gasteiger partial charge is 0.416 e. The van der Waals surface area contributed by atoms with Crippen molar-refractivity contribution in [1.82, 2.24) is 19.9 Å². The Morgan fingerprint density at radius 2 is 1.91 bits per heavy atom. The van der Waals surface area contributed by atoms with Gasteiger partial charge in [-0.25, -0.2) is 9.97 Å². The molecule has 34 heavy (non-hydrogen) atoms. The predicted molar refractivity (Wildman–Crippen MR) is 118 cm³/mol. The average Bonchev–Trinajstić information content (AvgIpc) is 3.28. The molecule has 2 aromatic heterocycles. The molecule has 1 amide bonds. The van der Waals surface area contributed by atoms with Gasteiger partial charge in [-0.1, -0.05) is 12.1 Å². The molecule has 10 heteroatoms. The van der Waals surface area contributed by atoms with E-state index in [4.69, 9.17) is 9.47 Å². The third-order valence-corrected chi connectivity index (χ3v) is 6.15. The number of aryl methyl sites for hydroxylation is 1. The summed E-state index contributed by atoms with van der Waals surface area (Å²) in [6, 6.07) is 6.69. The van der Waals surface area contributed by atoms with Crippen molar-refractivity contribution < 1.29 is 27.4 Å². The number of halogens is 3. The van der Waals surface area contributed by atoms with Crippen molar-refractivity contribution >= 4 is 5.91 Å². The lowest BCUT2D eigenvalue weighted by Crippen LogP contribution is -2.44. The maximum atomic E-state index is 13.0. The zero-order chi connectivity index (χ0) is 24.3. The van der Waals surface area contributed by atoms with E-state index in [0.29, 0.717) is 37.5 Å². The molecule has 0 aliphatic carbocycles. The first-order chi connectivity index (χ1) is 16.2. The number of alkyl halides is 3. The molecule has 4 rings (SSSR count). The van der Waals surface area contributed by atoms with Crippen LogP contribution in [-0.2, 0) is 16.3 Å². The van der Waals surface area contributed by atoms with Gasteiger partial charge in [-0.3, -0.25) is 4.79 Å². The number of pyridine rings is 1. The molecule has 0 bridgehead atoms. The maximum absolute atomic E-state index is 13.0. The van der Waals surface area contributed by atoms with Gasteiger partial charge in [0, 0.05) is 37.4 Å². The van der Waals surface area contributed by atoms with Crippen LogP contribution in [0.3, 0.4) is 0 Å². The normalized spacial score (nSPS) is 15.7. The SMILES string of the molecule is COc1cc(C(=O)NCC2(c3ccc(C(F)(F)F)cc3)CCOCC2)ncc1-n1cnc(C)c1. The second kappa shape index (κ2) is 9.46. The van der Waals surface area contributed by atoms with Crippen LogP contribution in [0.15, 0.2) is 49.1 Å². The molecule has 0 saturated carbocycles. The summed E-state index contributed by atoms with van der Waals surface area (Å²) in [7, 11) is 1.51. The topological polar surface area (TPSA) is 78.3 Å². The number of benzene rings is 1. The molecule has 1 fully saturated rings. The monoisotopic (exact) mass is 474 g/mol. The van der Waals surface area contributed by atoms with Gasteiger partial charge in [0.15, 0.2) is 0 Å². The van der Waals surface area contributed by atoms with Crippen molar-refractivity contribution in [3.8, 4) is 11.4 Å². The lowest BCUT2D eigenvalue weighted by Gasteiger charge is -2.38. The number of carbonyl (C=O) groups is 1. The molecular formula is C24H25F3N4O3. The summed E-state index contributed by atoms with van der Waals surface area (Å²) in [5.41, 5.74) is 1.15. The lowest BCUT2D eigenvalue weighted by molar-refractivity contribution is -0.137. The quantitative estimate of drug-likeness (QED) is 0.583. The Morgan fingerprint density at radius 3 is 2.50 bits per heavy atom. The highest BCUT2D eigenvalue weighted by Gasteiger charge is 2.36. The van der Waals surface area contributed by atoms with Crippen LogP contribution >= 0.6 is 0 Å². The molecule has 1 N–H and O–H groups in total. The highest BCUT2D eigenvalue weighted by atomic mass is 19.4. The first kappa shape index (κ1) is 23.7. The van der Waals surface area contributed by atoms with E-state index in [9.17, 15) is 18.0 Å². The Bertz CT molecular complexity index is 1150. The molecule has 1 aliphatic rings. The van der Waals surface area contributed by atoms with Gasteiger partial charge in [0.25, 0.3) is 5.91 Å². The Hall–Kier alpha value is -3.40. The van der Waals surface area contributed by atoms with E-state index in [2.05, 4.69) is 15.3 Å². The van der Waals surface area contributed by atoms with Crippen molar-refractivity contribution in [2.24, 2.45) is 0 Å². The van der Waals surface area contributed by atoms with Gasteiger partial charge in [0.2, 0.25) is 0 Å². The Balaban J connectivity index is 1.53.